The van der Waals surface area contributed by atoms with Crippen molar-refractivity contribution in [1.29, 1.82) is 0 Å². The molecule has 6 aromatic carbocycles. The third-order valence-corrected chi connectivity index (χ3v) is 15.2. The molecule has 13 nitrogen and oxygen atoms in total. The van der Waals surface area contributed by atoms with Crippen LogP contribution in [0.15, 0.2) is 142 Å². The first-order chi connectivity index (χ1) is 33.1. The van der Waals surface area contributed by atoms with E-state index in [9.17, 15) is 32.5 Å². The van der Waals surface area contributed by atoms with Gasteiger partial charge < -0.3 is 34.1 Å². The number of fused-ring (bicyclic) bond motifs is 2. The van der Waals surface area contributed by atoms with Crippen LogP contribution in [0.4, 0.5) is 11.4 Å². The van der Waals surface area contributed by atoms with Crippen LogP contribution in [0.5, 0.6) is 28.7 Å². The average molecular weight is 1020 g/mol. The Kier molecular flexibility index (Phi) is 17.0. The van der Waals surface area contributed by atoms with E-state index in [1.807, 2.05) is 30.6 Å². The van der Waals surface area contributed by atoms with Gasteiger partial charge in [-0.1, -0.05) is 106 Å². The van der Waals surface area contributed by atoms with Crippen LogP contribution in [0.25, 0.3) is 21.5 Å². The molecule has 4 N–H and O–H groups in total. The molecule has 0 saturated heterocycles. The van der Waals surface area contributed by atoms with Gasteiger partial charge in [-0.3, -0.25) is 4.79 Å². The van der Waals surface area contributed by atoms with E-state index in [-0.39, 0.29) is 49.1 Å². The van der Waals surface area contributed by atoms with Crippen molar-refractivity contribution >= 4 is 78.7 Å². The van der Waals surface area contributed by atoms with Crippen LogP contribution in [-0.4, -0.2) is 46.8 Å². The van der Waals surface area contributed by atoms with Gasteiger partial charge in [0.25, 0.3) is 5.91 Å². The number of aromatic nitrogens is 1. The number of aromatic amines is 1. The molecule has 0 atom stereocenters. The van der Waals surface area contributed by atoms with Gasteiger partial charge in [0.05, 0.1) is 22.8 Å². The van der Waals surface area contributed by atoms with Crippen LogP contribution >= 0.6 is 0 Å². The zero-order valence-electron chi connectivity index (χ0n) is 40.1. The number of pyridine rings is 1. The molecule has 0 unspecified atom stereocenters. The van der Waals surface area contributed by atoms with Gasteiger partial charge in [-0.05, 0) is 115 Å². The fourth-order valence-corrected chi connectivity index (χ4v) is 9.54. The Bertz CT molecular complexity index is 3250. The van der Waals surface area contributed by atoms with Crippen molar-refractivity contribution in [3.8, 4) is 28.7 Å². The number of phenolic OH excluding ortho intramolecular Hbond substituents is 2. The molecule has 0 aliphatic carbocycles. The number of hydrogen-bond donors (Lipinski definition) is 3. The minimum atomic E-state index is -4.84. The Balaban J connectivity index is 0.00000124. The van der Waals surface area contributed by atoms with Gasteiger partial charge in [0, 0.05) is 45.3 Å². The predicted octanol–water partition coefficient (Wildman–Crippen LogP) is 11.9. The van der Waals surface area contributed by atoms with E-state index in [0.717, 1.165) is 30.7 Å². The van der Waals surface area contributed by atoms with Crippen molar-refractivity contribution in [2.75, 3.05) is 13.2 Å². The highest BCUT2D eigenvalue weighted by Crippen LogP contribution is 2.44. The van der Waals surface area contributed by atoms with E-state index >= 15 is 0 Å². The number of nitrogens with zero attached hydrogens (tertiary/aromatic N) is 2. The summed E-state index contributed by atoms with van der Waals surface area (Å²) in [5.74, 6) is 0.435. The summed E-state index contributed by atoms with van der Waals surface area (Å²) in [6.07, 6.45) is 7.10. The maximum Gasteiger partial charge on any atom is 0.255 e. The summed E-state index contributed by atoms with van der Waals surface area (Å²) in [4.78, 5) is 15.6. The number of ether oxygens (including phenoxy) is 2. The van der Waals surface area contributed by atoms with E-state index in [1.165, 1.54) is 30.2 Å². The second-order valence-electron chi connectivity index (χ2n) is 18.0. The van der Waals surface area contributed by atoms with E-state index in [1.54, 1.807) is 48.5 Å². The highest BCUT2D eigenvalue weighted by molar-refractivity contribution is 8.53. The van der Waals surface area contributed by atoms with E-state index < -0.39 is 34.1 Å². The smallest absolute Gasteiger partial charge is 0.255 e. The topological polar surface area (TPSA) is 207 Å². The lowest BCUT2D eigenvalue weighted by atomic mass is 9.76. The lowest BCUT2D eigenvalue weighted by Gasteiger charge is -2.30. The van der Waals surface area contributed by atoms with Crippen LogP contribution in [0.3, 0.4) is 0 Å². The highest BCUT2D eigenvalue weighted by atomic mass is 33.1. The molecule has 0 bridgehead atoms. The number of carbonyl (C=O) groups excluding carboxylic acids is 1. The summed E-state index contributed by atoms with van der Waals surface area (Å²) in [7, 11) is -8.45. The second kappa shape index (κ2) is 22.3. The molecule has 0 aliphatic rings. The van der Waals surface area contributed by atoms with Gasteiger partial charge in [-0.2, -0.15) is 5.11 Å². The molecule has 0 saturated carbocycles. The summed E-state index contributed by atoms with van der Waals surface area (Å²) in [5, 5.41) is 35.0. The fourth-order valence-electron chi connectivity index (χ4n) is 7.54. The molecule has 1 amide bonds. The molecule has 368 valence electrons. The maximum atomic E-state index is 13.5. The summed E-state index contributed by atoms with van der Waals surface area (Å²) < 4.78 is 60.7. The monoisotopic (exact) mass is 1020 g/mol. The largest absolute Gasteiger partial charge is 0.787 e. The quantitative estimate of drug-likeness (QED) is 0.0444. The highest BCUT2D eigenvalue weighted by Gasteiger charge is 2.27. The van der Waals surface area contributed by atoms with Crippen molar-refractivity contribution in [1.82, 2.24) is 5.32 Å². The Hall–Kier alpha value is -6.08. The third-order valence-electron chi connectivity index (χ3n) is 12.4. The molecular weight excluding hydrogens is 965 g/mol. The molecule has 0 aliphatic heterocycles. The summed E-state index contributed by atoms with van der Waals surface area (Å²) in [6.45, 7) is 15.7. The number of aryl methyl sites for hydroxylation is 1. The summed E-state index contributed by atoms with van der Waals surface area (Å²) >= 11 is 10.1. The maximum absolute atomic E-state index is 13.5. The molecule has 0 spiro atoms. The number of aromatic hydroxyl groups is 2. The lowest BCUT2D eigenvalue weighted by Crippen LogP contribution is -2.25. The van der Waals surface area contributed by atoms with Crippen molar-refractivity contribution < 1.29 is 47.0 Å². The van der Waals surface area contributed by atoms with Crippen LogP contribution in [0, 0.1) is 6.92 Å². The minimum absolute atomic E-state index is 0.0454. The second-order valence-corrected chi connectivity index (χ2v) is 24.2. The standard InChI is InChI=1S/C48H53N3O9S4.C5H5N/c1-8-47(4,5)31-16-21-39(38(27-31)48(6,7)9-2)59-23-13-12-22-49-46(54)37-28-40(35-14-10-11-15-36(35)44(37)52)60-33-19-17-32(18-20-33)50-51-43-41(64(58,61)62)26-30-25-34(63(55,56)57)24-29(3)42(30)45(43)53;1-2-4-6-5-3-1/h10-11,14-21,24-28,52-53H,8-9,12-13,22-23H2,1-7H3,(H,49,54)(H,55,56,57)(H,58,61,62);1-5H/p-1. The number of azo groups is 1. The van der Waals surface area contributed by atoms with Crippen molar-refractivity contribution in [3.05, 3.63) is 144 Å². The molecular formula is C53H57N4O9S4-. The SMILES string of the molecule is CCC(C)(C)c1ccc(OCCCCNC(=O)c2cc(Oc3ccc(N=Nc4c(S([O-])(=S)=S)cc5cc(S(=O)(=O)[O-])cc(C)c5c4O)cc3)c3ccccc3c2O)c(C(C)(C)CC)c1.c1cc[nH+]cc1. The van der Waals surface area contributed by atoms with Gasteiger partial charge in [0.1, 0.15) is 38.8 Å². The van der Waals surface area contributed by atoms with Crippen molar-refractivity contribution in [2.45, 2.75) is 94.8 Å². The third kappa shape index (κ3) is 12.8. The van der Waals surface area contributed by atoms with E-state index in [0.29, 0.717) is 54.0 Å². The first-order valence-electron chi connectivity index (χ1n) is 22.7. The van der Waals surface area contributed by atoms with Crippen LogP contribution in [0.2, 0.25) is 0 Å². The number of H-pyrrole nitrogens is 1. The Morgan fingerprint density at radius 3 is 2.04 bits per heavy atom. The Morgan fingerprint density at radius 2 is 1.44 bits per heavy atom. The number of phenols is 2. The number of nitrogens with one attached hydrogen (secondary N) is 2. The average Bonchev–Trinajstić information content (AvgIpc) is 3.33. The van der Waals surface area contributed by atoms with Crippen LogP contribution < -0.4 is 19.8 Å². The molecule has 7 rings (SSSR count). The molecule has 0 radical (unpaired) electrons. The zero-order chi connectivity index (χ0) is 51.0. The van der Waals surface area contributed by atoms with Crippen molar-refractivity contribution in [2.24, 2.45) is 10.2 Å². The van der Waals surface area contributed by atoms with Gasteiger partial charge in [-0.15, -0.1) is 12.5 Å². The molecule has 7 aromatic rings. The molecule has 1 aromatic heterocycles. The number of benzene rings is 6. The van der Waals surface area contributed by atoms with Gasteiger partial charge >= 0.3 is 0 Å². The van der Waals surface area contributed by atoms with Crippen LogP contribution in [0.1, 0.15) is 94.3 Å². The summed E-state index contributed by atoms with van der Waals surface area (Å²) in [5.41, 5.74) is 2.81. The minimum Gasteiger partial charge on any atom is -0.787 e. The number of amides is 1. The predicted molar refractivity (Wildman–Crippen MR) is 279 cm³/mol. The van der Waals surface area contributed by atoms with Crippen molar-refractivity contribution in [3.63, 3.8) is 0 Å². The van der Waals surface area contributed by atoms with E-state index in [2.05, 4.69) is 80.3 Å². The normalized spacial score (nSPS) is 12.2. The summed E-state index contributed by atoms with van der Waals surface area (Å²) in [6, 6.07) is 30.6. The molecule has 17 heteroatoms. The first kappa shape index (κ1) is 53.3. The Morgan fingerprint density at radius 1 is 0.771 bits per heavy atom. The molecule has 1 heterocycles. The number of unbranched alkanes of at least 4 members (excludes halogenated alkanes) is 1. The van der Waals surface area contributed by atoms with E-state index in [4.69, 9.17) is 31.8 Å². The number of rotatable bonds is 17. The fraction of sp³-hybridized carbons (Fsp3) is 0.283. The Labute approximate surface area is 419 Å². The van der Waals surface area contributed by atoms with Gasteiger partial charge in [0.2, 0.25) is 0 Å². The zero-order valence-corrected chi connectivity index (χ0v) is 43.3. The first-order valence-corrected chi connectivity index (χ1v) is 27.5. The van der Waals surface area contributed by atoms with Gasteiger partial charge in [0.15, 0.2) is 18.1 Å². The molecule has 0 fully saturated rings. The number of carbonyl (C=O) groups is 1. The lowest BCUT2D eigenvalue weighted by molar-refractivity contribution is -0.377. The van der Waals surface area contributed by atoms with Crippen LogP contribution in [-0.2, 0) is 50.8 Å². The van der Waals surface area contributed by atoms with Gasteiger partial charge in [-0.25, -0.2) is 13.4 Å². The molecule has 70 heavy (non-hydrogen) atoms. The number of hydrogen-bond acceptors (Lipinski definition) is 13.